The van der Waals surface area contributed by atoms with Crippen LogP contribution < -0.4 is 0 Å². The fourth-order valence-corrected chi connectivity index (χ4v) is 2.71. The van der Waals surface area contributed by atoms with Gasteiger partial charge in [-0.3, -0.25) is 4.79 Å². The monoisotopic (exact) mass is 270 g/mol. The van der Waals surface area contributed by atoms with E-state index in [1.54, 1.807) is 18.2 Å². The maximum Gasteiger partial charge on any atom is 0.165 e. The summed E-state index contributed by atoms with van der Waals surface area (Å²) in [4.78, 5) is 12.3. The van der Waals surface area contributed by atoms with Crippen LogP contribution >= 0.6 is 23.2 Å². The first-order valence-electron chi connectivity index (χ1n) is 6.07. The van der Waals surface area contributed by atoms with Crippen LogP contribution in [0.2, 0.25) is 10.0 Å². The molecule has 3 heteroatoms. The van der Waals surface area contributed by atoms with Crippen LogP contribution in [0.5, 0.6) is 0 Å². The SMILES string of the molecule is CC1CCC(C(=O)c2ccc(Cl)c(Cl)c2)CC1. The Kier molecular flexibility index (Phi) is 4.11. The first kappa shape index (κ1) is 12.9. The molecule has 0 saturated heterocycles. The Morgan fingerprint density at radius 2 is 1.76 bits per heavy atom. The molecule has 92 valence electrons. The lowest BCUT2D eigenvalue weighted by atomic mass is 9.79. The second kappa shape index (κ2) is 5.41. The topological polar surface area (TPSA) is 17.1 Å². The standard InChI is InChI=1S/C14H16Cl2O/c1-9-2-4-10(5-3-9)14(17)11-6-7-12(15)13(16)8-11/h6-10H,2-5H2,1H3. The number of ketones is 1. The third kappa shape index (κ3) is 3.02. The van der Waals surface area contributed by atoms with Crippen molar-refractivity contribution in [2.75, 3.05) is 0 Å². The lowest BCUT2D eigenvalue weighted by Crippen LogP contribution is -2.20. The van der Waals surface area contributed by atoms with Crippen molar-refractivity contribution in [2.24, 2.45) is 11.8 Å². The van der Waals surface area contributed by atoms with Crippen LogP contribution in [0.1, 0.15) is 43.0 Å². The predicted molar refractivity (Wildman–Crippen MR) is 71.9 cm³/mol. The average Bonchev–Trinajstić information content (AvgIpc) is 2.33. The highest BCUT2D eigenvalue weighted by molar-refractivity contribution is 6.42. The molecule has 17 heavy (non-hydrogen) atoms. The number of benzene rings is 1. The molecule has 1 nitrogen and oxygen atoms in total. The summed E-state index contributed by atoms with van der Waals surface area (Å²) in [6, 6.07) is 5.15. The Morgan fingerprint density at radius 1 is 1.12 bits per heavy atom. The van der Waals surface area contributed by atoms with Gasteiger partial charge in [0, 0.05) is 11.5 Å². The van der Waals surface area contributed by atoms with Crippen molar-refractivity contribution < 1.29 is 4.79 Å². The van der Waals surface area contributed by atoms with Gasteiger partial charge in [0.2, 0.25) is 0 Å². The van der Waals surface area contributed by atoms with Gasteiger partial charge in [-0.15, -0.1) is 0 Å². The number of Topliss-reactive ketones (excluding diaryl/α,β-unsaturated/α-hetero) is 1. The Labute approximate surface area is 112 Å². The molecule has 1 fully saturated rings. The van der Waals surface area contributed by atoms with Gasteiger partial charge < -0.3 is 0 Å². The van der Waals surface area contributed by atoms with E-state index in [2.05, 4.69) is 6.92 Å². The fraction of sp³-hybridized carbons (Fsp3) is 0.500. The molecule has 0 spiro atoms. The minimum Gasteiger partial charge on any atom is -0.294 e. The van der Waals surface area contributed by atoms with E-state index in [-0.39, 0.29) is 11.7 Å². The average molecular weight is 271 g/mol. The normalized spacial score (nSPS) is 24.6. The van der Waals surface area contributed by atoms with Gasteiger partial charge in [0.15, 0.2) is 5.78 Å². The Balaban J connectivity index is 2.11. The van der Waals surface area contributed by atoms with Gasteiger partial charge in [-0.1, -0.05) is 43.0 Å². The molecule has 0 amide bonds. The van der Waals surface area contributed by atoms with Crippen molar-refractivity contribution in [3.8, 4) is 0 Å². The van der Waals surface area contributed by atoms with Crippen LogP contribution in [0, 0.1) is 11.8 Å². The molecule has 0 aliphatic heterocycles. The molecule has 2 rings (SSSR count). The van der Waals surface area contributed by atoms with Crippen LogP contribution in [0.4, 0.5) is 0 Å². The second-order valence-electron chi connectivity index (χ2n) is 4.95. The summed E-state index contributed by atoms with van der Waals surface area (Å²) in [5.74, 6) is 1.15. The predicted octanol–water partition coefficient (Wildman–Crippen LogP) is 5.00. The van der Waals surface area contributed by atoms with E-state index in [9.17, 15) is 4.79 Å². The molecule has 0 atom stereocenters. The Morgan fingerprint density at radius 3 is 2.35 bits per heavy atom. The van der Waals surface area contributed by atoms with Gasteiger partial charge in [0.25, 0.3) is 0 Å². The van der Waals surface area contributed by atoms with Crippen LogP contribution in [0.3, 0.4) is 0 Å². The van der Waals surface area contributed by atoms with Crippen LogP contribution in [0.25, 0.3) is 0 Å². The number of carbonyl (C=O) groups is 1. The van der Waals surface area contributed by atoms with Gasteiger partial charge in [-0.05, 0) is 37.0 Å². The number of hydrogen-bond acceptors (Lipinski definition) is 1. The number of rotatable bonds is 2. The smallest absolute Gasteiger partial charge is 0.165 e. The van der Waals surface area contributed by atoms with E-state index in [1.807, 2.05) is 0 Å². The summed E-state index contributed by atoms with van der Waals surface area (Å²) in [6.07, 6.45) is 4.30. The van der Waals surface area contributed by atoms with Crippen LogP contribution in [0.15, 0.2) is 18.2 Å². The first-order chi connectivity index (χ1) is 8.08. The zero-order chi connectivity index (χ0) is 12.4. The van der Waals surface area contributed by atoms with E-state index < -0.39 is 0 Å². The lowest BCUT2D eigenvalue weighted by molar-refractivity contribution is 0.0875. The quantitative estimate of drug-likeness (QED) is 0.691. The summed E-state index contributed by atoms with van der Waals surface area (Å²) >= 11 is 11.8. The molecule has 1 aromatic rings. The largest absolute Gasteiger partial charge is 0.294 e. The molecule has 0 unspecified atom stereocenters. The number of halogens is 2. The zero-order valence-electron chi connectivity index (χ0n) is 9.88. The highest BCUT2D eigenvalue weighted by Crippen LogP contribution is 2.32. The lowest BCUT2D eigenvalue weighted by Gasteiger charge is -2.25. The first-order valence-corrected chi connectivity index (χ1v) is 6.83. The maximum absolute atomic E-state index is 12.3. The van der Waals surface area contributed by atoms with Crippen LogP contribution in [-0.4, -0.2) is 5.78 Å². The highest BCUT2D eigenvalue weighted by atomic mass is 35.5. The molecular formula is C14H16Cl2O. The number of carbonyl (C=O) groups excluding carboxylic acids is 1. The third-order valence-electron chi connectivity index (χ3n) is 3.59. The molecule has 0 heterocycles. The molecule has 0 radical (unpaired) electrons. The van der Waals surface area contributed by atoms with Gasteiger partial charge >= 0.3 is 0 Å². The molecule has 1 saturated carbocycles. The molecular weight excluding hydrogens is 255 g/mol. The van der Waals surface area contributed by atoms with Crippen molar-refractivity contribution in [1.82, 2.24) is 0 Å². The maximum atomic E-state index is 12.3. The summed E-state index contributed by atoms with van der Waals surface area (Å²) in [5.41, 5.74) is 0.693. The molecule has 1 aliphatic rings. The van der Waals surface area contributed by atoms with E-state index in [1.165, 1.54) is 0 Å². The highest BCUT2D eigenvalue weighted by Gasteiger charge is 2.25. The number of hydrogen-bond donors (Lipinski definition) is 0. The summed E-state index contributed by atoms with van der Waals surface area (Å²) < 4.78 is 0. The van der Waals surface area contributed by atoms with Gasteiger partial charge in [0.1, 0.15) is 0 Å². The third-order valence-corrected chi connectivity index (χ3v) is 4.33. The van der Waals surface area contributed by atoms with E-state index in [0.29, 0.717) is 15.6 Å². The Hall–Kier alpha value is -0.530. The minimum absolute atomic E-state index is 0.170. The van der Waals surface area contributed by atoms with Gasteiger partial charge in [-0.25, -0.2) is 0 Å². The molecule has 0 aromatic heterocycles. The van der Waals surface area contributed by atoms with Gasteiger partial charge in [0.05, 0.1) is 10.0 Å². The zero-order valence-corrected chi connectivity index (χ0v) is 11.4. The van der Waals surface area contributed by atoms with E-state index in [4.69, 9.17) is 23.2 Å². The molecule has 1 aliphatic carbocycles. The van der Waals surface area contributed by atoms with Gasteiger partial charge in [-0.2, -0.15) is 0 Å². The molecule has 1 aromatic carbocycles. The molecule has 0 bridgehead atoms. The second-order valence-corrected chi connectivity index (χ2v) is 5.76. The summed E-state index contributed by atoms with van der Waals surface area (Å²) in [6.45, 7) is 2.25. The molecule has 0 N–H and O–H groups in total. The van der Waals surface area contributed by atoms with Crippen molar-refractivity contribution in [3.05, 3.63) is 33.8 Å². The van der Waals surface area contributed by atoms with Crippen molar-refractivity contribution in [1.29, 1.82) is 0 Å². The summed E-state index contributed by atoms with van der Waals surface area (Å²) in [5, 5.41) is 0.960. The van der Waals surface area contributed by atoms with Crippen LogP contribution in [-0.2, 0) is 0 Å². The Bertz CT molecular complexity index is 420. The minimum atomic E-state index is 0.170. The van der Waals surface area contributed by atoms with Crippen molar-refractivity contribution >= 4 is 29.0 Å². The van der Waals surface area contributed by atoms with E-state index in [0.717, 1.165) is 31.6 Å². The fourth-order valence-electron chi connectivity index (χ4n) is 2.41. The van der Waals surface area contributed by atoms with Crippen molar-refractivity contribution in [3.63, 3.8) is 0 Å². The van der Waals surface area contributed by atoms with E-state index >= 15 is 0 Å². The van der Waals surface area contributed by atoms with Crippen molar-refractivity contribution in [2.45, 2.75) is 32.6 Å². The summed E-state index contributed by atoms with van der Waals surface area (Å²) in [7, 11) is 0.